The number of hydrogen-bond donors (Lipinski definition) is 2. The van der Waals surface area contributed by atoms with Gasteiger partial charge in [-0.25, -0.2) is 4.98 Å². The van der Waals surface area contributed by atoms with Crippen LogP contribution in [0.25, 0.3) is 16.7 Å². The van der Waals surface area contributed by atoms with Gasteiger partial charge >= 0.3 is 0 Å². The molecule has 0 radical (unpaired) electrons. The minimum atomic E-state index is -0.608. The first-order chi connectivity index (χ1) is 11.9. The summed E-state index contributed by atoms with van der Waals surface area (Å²) in [5.41, 5.74) is 7.76. The van der Waals surface area contributed by atoms with E-state index in [1.165, 1.54) is 4.57 Å². The van der Waals surface area contributed by atoms with Gasteiger partial charge in [-0.05, 0) is 18.2 Å². The Morgan fingerprint density at radius 3 is 2.64 bits per heavy atom. The molecule has 0 unspecified atom stereocenters. The number of rotatable bonds is 2. The number of hydrogen-bond acceptors (Lipinski definition) is 5. The monoisotopic (exact) mass is 337 g/mol. The fourth-order valence-electron chi connectivity index (χ4n) is 3.24. The van der Waals surface area contributed by atoms with Crippen LogP contribution < -0.4 is 16.6 Å². The van der Waals surface area contributed by atoms with Gasteiger partial charge in [-0.2, -0.15) is 0 Å². The molecule has 1 aliphatic heterocycles. The number of aryl methyl sites for hydroxylation is 2. The maximum absolute atomic E-state index is 12.5. The number of carbonyl (C=O) groups is 2. The van der Waals surface area contributed by atoms with Crippen molar-refractivity contribution in [3.8, 4) is 5.69 Å². The lowest BCUT2D eigenvalue weighted by atomic mass is 10.1. The standard InChI is InChI=1S/C17H15N5O3/c1-3-12-19-10-6-8(4-5-11(10)21(12)2)22-13(23)7-9-14(15(22)18)17(25)20-16(9)24/h4-7H,3,18H2,1-2H3,(H,20,24,25). The molecule has 0 spiro atoms. The van der Waals surface area contributed by atoms with E-state index in [1.807, 2.05) is 24.6 Å². The van der Waals surface area contributed by atoms with Crippen molar-refractivity contribution in [3.63, 3.8) is 0 Å². The Morgan fingerprint density at radius 2 is 1.92 bits per heavy atom. The number of imidazole rings is 1. The molecular formula is C17H15N5O3. The summed E-state index contributed by atoms with van der Waals surface area (Å²) in [6.07, 6.45) is 0.781. The van der Waals surface area contributed by atoms with E-state index in [-0.39, 0.29) is 16.9 Å². The molecule has 25 heavy (non-hydrogen) atoms. The van der Waals surface area contributed by atoms with Gasteiger partial charge in [0.15, 0.2) is 0 Å². The maximum atomic E-state index is 12.5. The van der Waals surface area contributed by atoms with Gasteiger partial charge in [0.05, 0.1) is 27.8 Å². The third-order valence-corrected chi connectivity index (χ3v) is 4.48. The van der Waals surface area contributed by atoms with Crippen LogP contribution in [0.3, 0.4) is 0 Å². The van der Waals surface area contributed by atoms with Gasteiger partial charge in [0.25, 0.3) is 17.4 Å². The Morgan fingerprint density at radius 1 is 1.16 bits per heavy atom. The summed E-state index contributed by atoms with van der Waals surface area (Å²) in [7, 11) is 1.93. The van der Waals surface area contributed by atoms with Gasteiger partial charge in [-0.3, -0.25) is 24.3 Å². The van der Waals surface area contributed by atoms with Crippen LogP contribution in [0.5, 0.6) is 0 Å². The number of nitrogens with one attached hydrogen (secondary N) is 1. The first-order valence-corrected chi connectivity index (χ1v) is 7.79. The molecule has 3 N–H and O–H groups in total. The molecule has 8 nitrogen and oxygen atoms in total. The molecule has 0 saturated heterocycles. The molecule has 8 heteroatoms. The average molecular weight is 337 g/mol. The van der Waals surface area contributed by atoms with Crippen LogP contribution in [0.1, 0.15) is 33.5 Å². The molecule has 1 aliphatic rings. The van der Waals surface area contributed by atoms with Crippen molar-refractivity contribution in [3.05, 3.63) is 51.6 Å². The highest BCUT2D eigenvalue weighted by molar-refractivity contribution is 6.23. The zero-order valence-electron chi connectivity index (χ0n) is 13.7. The van der Waals surface area contributed by atoms with E-state index in [4.69, 9.17) is 5.73 Å². The van der Waals surface area contributed by atoms with E-state index >= 15 is 0 Å². The van der Waals surface area contributed by atoms with Crippen molar-refractivity contribution in [2.75, 3.05) is 5.73 Å². The Hall–Kier alpha value is -3.42. The third kappa shape index (κ3) is 2.00. The number of imide groups is 1. The highest BCUT2D eigenvalue weighted by Gasteiger charge is 2.31. The molecular weight excluding hydrogens is 322 g/mol. The first-order valence-electron chi connectivity index (χ1n) is 7.79. The maximum Gasteiger partial charge on any atom is 0.262 e. The Kier molecular flexibility index (Phi) is 3.05. The summed E-state index contributed by atoms with van der Waals surface area (Å²) in [5.74, 6) is -0.342. The smallest absolute Gasteiger partial charge is 0.262 e. The number of pyridine rings is 1. The summed E-state index contributed by atoms with van der Waals surface area (Å²) in [6.45, 7) is 2.01. The number of carbonyl (C=O) groups excluding carboxylic acids is 2. The molecule has 4 rings (SSSR count). The second-order valence-electron chi connectivity index (χ2n) is 5.89. The van der Waals surface area contributed by atoms with E-state index < -0.39 is 17.4 Å². The van der Waals surface area contributed by atoms with Gasteiger partial charge < -0.3 is 10.3 Å². The SMILES string of the molecule is CCc1nc2cc(-n3c(N)c4c(cc3=O)C(=O)NC4=O)ccc2n1C. The van der Waals surface area contributed by atoms with Crippen molar-refractivity contribution in [1.82, 2.24) is 19.4 Å². The second-order valence-corrected chi connectivity index (χ2v) is 5.89. The largest absolute Gasteiger partial charge is 0.384 e. The first kappa shape index (κ1) is 15.1. The average Bonchev–Trinajstić information content (AvgIpc) is 3.04. The Balaban J connectivity index is 1.98. The zero-order chi connectivity index (χ0) is 17.9. The molecule has 2 aromatic heterocycles. The summed E-state index contributed by atoms with van der Waals surface area (Å²) < 4.78 is 3.21. The van der Waals surface area contributed by atoms with E-state index in [1.54, 1.807) is 12.1 Å². The number of aromatic nitrogens is 3. The van der Waals surface area contributed by atoms with Crippen LogP contribution in [0.4, 0.5) is 5.82 Å². The van der Waals surface area contributed by atoms with Gasteiger partial charge in [-0.1, -0.05) is 6.92 Å². The van der Waals surface area contributed by atoms with Crippen LogP contribution >= 0.6 is 0 Å². The van der Waals surface area contributed by atoms with E-state index in [0.29, 0.717) is 5.69 Å². The quantitative estimate of drug-likeness (QED) is 0.670. The number of nitrogens with two attached hydrogens (primary N) is 1. The minimum Gasteiger partial charge on any atom is -0.384 e. The second kappa shape index (κ2) is 5.04. The summed E-state index contributed by atoms with van der Waals surface area (Å²) in [6, 6.07) is 6.46. The summed E-state index contributed by atoms with van der Waals surface area (Å²) in [5, 5.41) is 2.15. The third-order valence-electron chi connectivity index (χ3n) is 4.48. The molecule has 0 bridgehead atoms. The molecule has 3 heterocycles. The molecule has 126 valence electrons. The van der Waals surface area contributed by atoms with E-state index in [9.17, 15) is 14.4 Å². The lowest BCUT2D eigenvalue weighted by molar-refractivity contribution is 0.0880. The van der Waals surface area contributed by atoms with Gasteiger partial charge in [0.2, 0.25) is 0 Å². The normalized spacial score (nSPS) is 13.4. The van der Waals surface area contributed by atoms with Gasteiger partial charge in [-0.15, -0.1) is 0 Å². The lowest BCUT2D eigenvalue weighted by Gasteiger charge is -2.11. The van der Waals surface area contributed by atoms with Crippen LogP contribution in [0.15, 0.2) is 29.1 Å². The molecule has 0 fully saturated rings. The van der Waals surface area contributed by atoms with Crippen molar-refractivity contribution >= 4 is 28.7 Å². The van der Waals surface area contributed by atoms with E-state index in [2.05, 4.69) is 10.3 Å². The van der Waals surface area contributed by atoms with Crippen LogP contribution in [0, 0.1) is 0 Å². The summed E-state index contributed by atoms with van der Waals surface area (Å²) in [4.78, 5) is 40.7. The zero-order valence-corrected chi connectivity index (χ0v) is 13.7. The topological polar surface area (TPSA) is 112 Å². The fraction of sp³-hybridized carbons (Fsp3) is 0.176. The van der Waals surface area contributed by atoms with Gasteiger partial charge in [0.1, 0.15) is 11.6 Å². The highest BCUT2D eigenvalue weighted by Crippen LogP contribution is 2.25. The number of amides is 2. The number of nitrogen functional groups attached to an aromatic ring is 1. The van der Waals surface area contributed by atoms with Crippen LogP contribution in [0.2, 0.25) is 0 Å². The van der Waals surface area contributed by atoms with Gasteiger partial charge in [0, 0.05) is 19.5 Å². The van der Waals surface area contributed by atoms with Crippen LogP contribution in [-0.2, 0) is 13.5 Å². The molecule has 0 saturated carbocycles. The van der Waals surface area contributed by atoms with Crippen molar-refractivity contribution in [1.29, 1.82) is 0 Å². The van der Waals surface area contributed by atoms with Crippen molar-refractivity contribution in [2.24, 2.45) is 7.05 Å². The fourth-order valence-corrected chi connectivity index (χ4v) is 3.24. The van der Waals surface area contributed by atoms with E-state index in [0.717, 1.165) is 29.3 Å². The number of fused-ring (bicyclic) bond motifs is 2. The van der Waals surface area contributed by atoms with Crippen LogP contribution in [-0.4, -0.2) is 25.9 Å². The highest BCUT2D eigenvalue weighted by atomic mass is 16.2. The lowest BCUT2D eigenvalue weighted by Crippen LogP contribution is -2.24. The molecule has 0 atom stereocenters. The molecule has 0 aliphatic carbocycles. The number of anilines is 1. The molecule has 3 aromatic rings. The molecule has 2 amide bonds. The Labute approximate surface area is 141 Å². The number of benzene rings is 1. The Bertz CT molecular complexity index is 1140. The van der Waals surface area contributed by atoms with Crippen molar-refractivity contribution < 1.29 is 9.59 Å². The minimum absolute atomic E-state index is 0.0101. The predicted octanol–water partition coefficient (Wildman–Crippen LogP) is 0.752. The molecule has 1 aromatic carbocycles. The number of nitrogens with zero attached hydrogens (tertiary/aromatic N) is 3. The predicted molar refractivity (Wildman–Crippen MR) is 91.9 cm³/mol. The summed E-state index contributed by atoms with van der Waals surface area (Å²) >= 11 is 0. The van der Waals surface area contributed by atoms with Crippen molar-refractivity contribution in [2.45, 2.75) is 13.3 Å².